The van der Waals surface area contributed by atoms with Crippen molar-refractivity contribution in [3.05, 3.63) is 66.2 Å². The van der Waals surface area contributed by atoms with Crippen LogP contribution in [0.5, 0.6) is 0 Å². The number of amides is 2. The van der Waals surface area contributed by atoms with Crippen LogP contribution in [0.25, 0.3) is 0 Å². The Morgan fingerprint density at radius 2 is 1.62 bits per heavy atom. The van der Waals surface area contributed by atoms with E-state index in [0.717, 1.165) is 5.56 Å². The maximum atomic E-state index is 12.8. The molecule has 29 heavy (non-hydrogen) atoms. The fraction of sp³-hybridized carbons (Fsp3) is 0.333. The van der Waals surface area contributed by atoms with E-state index >= 15 is 0 Å². The molecule has 8 heteroatoms. The summed E-state index contributed by atoms with van der Waals surface area (Å²) in [5.41, 5.74) is 0.998. The average molecular weight is 416 g/mol. The molecular weight excluding hydrogens is 390 g/mol. The lowest BCUT2D eigenvalue weighted by Crippen LogP contribution is -2.46. The Hall–Kier alpha value is -2.71. The Morgan fingerprint density at radius 3 is 2.31 bits per heavy atom. The van der Waals surface area contributed by atoms with E-state index < -0.39 is 16.1 Å². The van der Waals surface area contributed by atoms with Crippen LogP contribution in [0, 0.1) is 0 Å². The van der Waals surface area contributed by atoms with Gasteiger partial charge >= 0.3 is 0 Å². The van der Waals surface area contributed by atoms with Crippen LogP contribution in [0.2, 0.25) is 0 Å². The number of sulfonamides is 1. The van der Waals surface area contributed by atoms with E-state index in [0.29, 0.717) is 25.9 Å². The second kappa shape index (κ2) is 9.67. The largest absolute Gasteiger partial charge is 0.354 e. The summed E-state index contributed by atoms with van der Waals surface area (Å²) in [5, 5.41) is 5.50. The molecule has 2 aromatic carbocycles. The van der Waals surface area contributed by atoms with E-state index in [-0.39, 0.29) is 29.7 Å². The highest BCUT2D eigenvalue weighted by Crippen LogP contribution is 2.26. The van der Waals surface area contributed by atoms with Crippen LogP contribution < -0.4 is 10.6 Å². The first-order valence-corrected chi connectivity index (χ1v) is 11.1. The smallest absolute Gasteiger partial charge is 0.243 e. The molecule has 0 radical (unpaired) electrons. The second-order valence-electron chi connectivity index (χ2n) is 6.89. The number of nitrogens with zero attached hydrogens (tertiary/aromatic N) is 1. The van der Waals surface area contributed by atoms with Gasteiger partial charge in [0, 0.05) is 26.1 Å². The summed E-state index contributed by atoms with van der Waals surface area (Å²) in [6.07, 6.45) is 1.23. The average Bonchev–Trinajstić information content (AvgIpc) is 3.25. The van der Waals surface area contributed by atoms with Crippen LogP contribution in [-0.2, 0) is 26.2 Å². The maximum absolute atomic E-state index is 12.8. The molecule has 2 N–H and O–H groups in total. The monoisotopic (exact) mass is 415 g/mol. The highest BCUT2D eigenvalue weighted by atomic mass is 32.2. The second-order valence-corrected chi connectivity index (χ2v) is 8.78. The highest BCUT2D eigenvalue weighted by molar-refractivity contribution is 7.89. The lowest BCUT2D eigenvalue weighted by Gasteiger charge is -2.23. The van der Waals surface area contributed by atoms with Crippen molar-refractivity contribution in [1.82, 2.24) is 14.9 Å². The van der Waals surface area contributed by atoms with Gasteiger partial charge in [-0.1, -0.05) is 48.5 Å². The summed E-state index contributed by atoms with van der Waals surface area (Å²) in [4.78, 5) is 24.7. The molecule has 1 saturated heterocycles. The molecule has 7 nitrogen and oxygen atoms in total. The standard InChI is InChI=1S/C21H25N3O4S/c25-20(23-16-17-8-3-1-4-9-17)13-14-22-21(26)19-12-7-15-24(19)29(27,28)18-10-5-2-6-11-18/h1-6,8-11,19H,7,12-16H2,(H,22,26)(H,23,25). The van der Waals surface area contributed by atoms with Gasteiger partial charge in [0.25, 0.3) is 0 Å². The molecule has 1 aliphatic rings. The molecule has 0 spiro atoms. The third-order valence-electron chi connectivity index (χ3n) is 4.84. The summed E-state index contributed by atoms with van der Waals surface area (Å²) in [6, 6.07) is 16.9. The number of hydrogen-bond donors (Lipinski definition) is 2. The lowest BCUT2D eigenvalue weighted by molar-refractivity contribution is -0.124. The molecule has 2 aromatic rings. The first-order chi connectivity index (χ1) is 14.0. The van der Waals surface area contributed by atoms with Gasteiger partial charge in [0.2, 0.25) is 21.8 Å². The Balaban J connectivity index is 1.49. The highest BCUT2D eigenvalue weighted by Gasteiger charge is 2.39. The molecule has 154 valence electrons. The number of carbonyl (C=O) groups excluding carboxylic acids is 2. The van der Waals surface area contributed by atoms with Crippen LogP contribution in [0.4, 0.5) is 0 Å². The molecule has 0 saturated carbocycles. The third-order valence-corrected chi connectivity index (χ3v) is 6.76. The van der Waals surface area contributed by atoms with Gasteiger partial charge in [-0.3, -0.25) is 9.59 Å². The molecule has 1 fully saturated rings. The van der Waals surface area contributed by atoms with Crippen molar-refractivity contribution >= 4 is 21.8 Å². The van der Waals surface area contributed by atoms with E-state index in [2.05, 4.69) is 10.6 Å². The molecular formula is C21H25N3O4S. The van der Waals surface area contributed by atoms with Crippen molar-refractivity contribution in [2.24, 2.45) is 0 Å². The predicted molar refractivity (Wildman–Crippen MR) is 109 cm³/mol. The minimum atomic E-state index is -3.72. The van der Waals surface area contributed by atoms with E-state index in [1.165, 1.54) is 16.4 Å². The minimum Gasteiger partial charge on any atom is -0.354 e. The van der Waals surface area contributed by atoms with Gasteiger partial charge in [0.05, 0.1) is 4.90 Å². The van der Waals surface area contributed by atoms with Gasteiger partial charge in [-0.25, -0.2) is 8.42 Å². The number of benzene rings is 2. The molecule has 1 heterocycles. The fourth-order valence-corrected chi connectivity index (χ4v) is 5.00. The van der Waals surface area contributed by atoms with Crippen LogP contribution in [0.3, 0.4) is 0 Å². The molecule has 2 amide bonds. The predicted octanol–water partition coefficient (Wildman–Crippen LogP) is 1.66. The van der Waals surface area contributed by atoms with Crippen molar-refractivity contribution < 1.29 is 18.0 Å². The summed E-state index contributed by atoms with van der Waals surface area (Å²) in [7, 11) is -3.72. The molecule has 1 unspecified atom stereocenters. The van der Waals surface area contributed by atoms with Crippen LogP contribution in [0.1, 0.15) is 24.8 Å². The summed E-state index contributed by atoms with van der Waals surface area (Å²) in [5.74, 6) is -0.535. The van der Waals surface area contributed by atoms with Crippen molar-refractivity contribution in [3.63, 3.8) is 0 Å². The zero-order chi connectivity index (χ0) is 20.7. The van der Waals surface area contributed by atoms with Crippen LogP contribution in [0.15, 0.2) is 65.6 Å². The normalized spacial score (nSPS) is 17.0. The summed E-state index contributed by atoms with van der Waals surface area (Å²) in [6.45, 7) is 0.904. The van der Waals surface area contributed by atoms with Gasteiger partial charge in [-0.05, 0) is 30.5 Å². The van der Waals surface area contributed by atoms with Crippen LogP contribution >= 0.6 is 0 Å². The molecule has 0 aliphatic carbocycles. The Morgan fingerprint density at radius 1 is 0.966 bits per heavy atom. The van der Waals surface area contributed by atoms with E-state index in [9.17, 15) is 18.0 Å². The number of hydrogen-bond acceptors (Lipinski definition) is 4. The fourth-order valence-electron chi connectivity index (χ4n) is 3.32. The van der Waals surface area contributed by atoms with E-state index in [1.807, 2.05) is 30.3 Å². The molecule has 1 aliphatic heterocycles. The molecule has 0 aromatic heterocycles. The van der Waals surface area contributed by atoms with Crippen molar-refractivity contribution in [1.29, 1.82) is 0 Å². The number of carbonyl (C=O) groups is 2. The van der Waals surface area contributed by atoms with Gasteiger partial charge in [-0.2, -0.15) is 4.31 Å². The Labute approximate surface area is 171 Å². The van der Waals surface area contributed by atoms with Gasteiger partial charge in [0.15, 0.2) is 0 Å². The van der Waals surface area contributed by atoms with Crippen molar-refractivity contribution in [3.8, 4) is 0 Å². The van der Waals surface area contributed by atoms with E-state index in [1.54, 1.807) is 18.2 Å². The zero-order valence-corrected chi connectivity index (χ0v) is 16.9. The number of rotatable bonds is 8. The minimum absolute atomic E-state index is 0.136. The molecule has 0 bridgehead atoms. The first-order valence-electron chi connectivity index (χ1n) is 9.64. The Kier molecular flexibility index (Phi) is 7.00. The molecule has 1 atom stereocenters. The SMILES string of the molecule is O=C(CCNC(=O)C1CCCN1S(=O)(=O)c1ccccc1)NCc1ccccc1. The van der Waals surface area contributed by atoms with E-state index in [4.69, 9.17) is 0 Å². The molecule has 3 rings (SSSR count). The third kappa shape index (κ3) is 5.42. The number of nitrogens with one attached hydrogen (secondary N) is 2. The topological polar surface area (TPSA) is 95.6 Å². The van der Waals surface area contributed by atoms with Crippen LogP contribution in [-0.4, -0.2) is 43.7 Å². The zero-order valence-electron chi connectivity index (χ0n) is 16.1. The van der Waals surface area contributed by atoms with Gasteiger partial charge in [-0.15, -0.1) is 0 Å². The van der Waals surface area contributed by atoms with Gasteiger partial charge in [0.1, 0.15) is 6.04 Å². The summed E-state index contributed by atoms with van der Waals surface area (Å²) >= 11 is 0. The maximum Gasteiger partial charge on any atom is 0.243 e. The van der Waals surface area contributed by atoms with Gasteiger partial charge < -0.3 is 10.6 Å². The van der Waals surface area contributed by atoms with Crippen molar-refractivity contribution in [2.75, 3.05) is 13.1 Å². The lowest BCUT2D eigenvalue weighted by atomic mass is 10.2. The Bertz CT molecular complexity index is 933. The summed E-state index contributed by atoms with van der Waals surface area (Å²) < 4.78 is 26.9. The quantitative estimate of drug-likeness (QED) is 0.685. The van der Waals surface area contributed by atoms with Crippen molar-refractivity contribution in [2.45, 2.75) is 36.7 Å². The first kappa shape index (κ1) is 21.0.